The van der Waals surface area contributed by atoms with Crippen LogP contribution >= 0.6 is 0 Å². The number of nitrogens with one attached hydrogen (secondary N) is 2. The van der Waals surface area contributed by atoms with Gasteiger partial charge in [0, 0.05) is 96.8 Å². The van der Waals surface area contributed by atoms with Crippen LogP contribution in [0.15, 0.2) is 89.2 Å². The summed E-state index contributed by atoms with van der Waals surface area (Å²) in [5.41, 5.74) is 21.1. The number of likely N-dealkylation sites (tertiary alicyclic amines) is 2. The summed E-state index contributed by atoms with van der Waals surface area (Å²) >= 11 is 0. The van der Waals surface area contributed by atoms with Crippen LogP contribution in [0.2, 0.25) is 0 Å². The third kappa shape index (κ3) is 7.59. The minimum Gasteiger partial charge on any atom is -0.378 e. The smallest absolute Gasteiger partial charge is 0.378 e. The molecule has 6 fully saturated rings. The van der Waals surface area contributed by atoms with Crippen LogP contribution < -0.4 is 32.7 Å². The van der Waals surface area contributed by atoms with Crippen molar-refractivity contribution >= 4 is 58.9 Å². The number of hydrogen-bond donors (Lipinski definition) is 6. The fourth-order valence-corrected chi connectivity index (χ4v) is 15.4. The van der Waals surface area contributed by atoms with Crippen molar-refractivity contribution in [3.05, 3.63) is 89.2 Å². The van der Waals surface area contributed by atoms with Gasteiger partial charge >= 0.3 is 24.1 Å². The second kappa shape index (κ2) is 18.7. The maximum Gasteiger partial charge on any atom is 0.412 e. The molecule has 20 heteroatoms. The summed E-state index contributed by atoms with van der Waals surface area (Å²) in [7, 11) is 0. The summed E-state index contributed by atoms with van der Waals surface area (Å²) in [5, 5.41) is 18.3. The molecule has 5 heterocycles. The van der Waals surface area contributed by atoms with Gasteiger partial charge in [-0.05, 0) is 98.8 Å². The number of pyridine rings is 1. The molecule has 4 saturated heterocycles. The molecule has 6 aliphatic carbocycles. The number of primary amides is 4. The van der Waals surface area contributed by atoms with Crippen molar-refractivity contribution in [2.75, 3.05) is 49.2 Å². The lowest BCUT2D eigenvalue weighted by Gasteiger charge is -2.59. The lowest BCUT2D eigenvalue weighted by atomic mass is 9.55. The fraction of sp³-hybridized carbons (Fsp3) is 0.509. The molecule has 6 unspecified atom stereocenters. The molecule has 4 amide bonds. The summed E-state index contributed by atoms with van der Waals surface area (Å²) in [6.07, 6.45) is 9.65. The second-order valence-electron chi connectivity index (χ2n) is 22.3. The number of morpholine rings is 1. The minimum atomic E-state index is -2.36. The summed E-state index contributed by atoms with van der Waals surface area (Å²) in [6, 6.07) is 10.1. The number of anilines is 2. The summed E-state index contributed by atoms with van der Waals surface area (Å²) < 4.78 is 16.2. The molecule has 20 nitrogen and oxygen atoms in total. The van der Waals surface area contributed by atoms with Crippen molar-refractivity contribution < 1.29 is 43.0 Å². The van der Waals surface area contributed by atoms with Gasteiger partial charge in [0.05, 0.1) is 18.8 Å². The Morgan fingerprint density at radius 3 is 1.79 bits per heavy atom. The normalized spacial score (nSPS) is 31.2. The van der Waals surface area contributed by atoms with E-state index in [1.165, 1.54) is 0 Å². The zero-order chi connectivity index (χ0) is 53.6. The quantitative estimate of drug-likeness (QED) is 0.119. The van der Waals surface area contributed by atoms with Crippen LogP contribution in [0.1, 0.15) is 85.5 Å². The van der Waals surface area contributed by atoms with E-state index in [0.29, 0.717) is 82.4 Å². The van der Waals surface area contributed by atoms with E-state index in [0.717, 1.165) is 33.8 Å². The van der Waals surface area contributed by atoms with Gasteiger partial charge in [-0.1, -0.05) is 68.4 Å². The topological polar surface area (TPSA) is 308 Å². The first-order valence-electron chi connectivity index (χ1n) is 26.0. The number of aromatic nitrogens is 1. The number of nitrogens with zero attached hydrogens (tertiary/aromatic N) is 5. The van der Waals surface area contributed by atoms with Crippen LogP contribution in [0, 0.1) is 27.6 Å². The number of rotatable bonds is 13. The van der Waals surface area contributed by atoms with Gasteiger partial charge in [0.15, 0.2) is 0 Å². The molecule has 75 heavy (non-hydrogen) atoms. The van der Waals surface area contributed by atoms with Crippen LogP contribution in [0.25, 0.3) is 11.1 Å². The number of fused-ring (bicyclic) bond motifs is 6. The van der Waals surface area contributed by atoms with Gasteiger partial charge in [-0.3, -0.25) is 19.4 Å². The van der Waals surface area contributed by atoms with E-state index >= 15 is 9.59 Å². The summed E-state index contributed by atoms with van der Waals surface area (Å²) in [4.78, 5) is 98.2. The maximum absolute atomic E-state index is 15.1. The molecule has 1 aromatic carbocycles. The lowest BCUT2D eigenvalue weighted by Crippen LogP contribution is -2.77. The first-order valence-corrected chi connectivity index (χ1v) is 26.0. The van der Waals surface area contributed by atoms with Crippen LogP contribution in [0.3, 0.4) is 0 Å². The first-order chi connectivity index (χ1) is 35.6. The van der Waals surface area contributed by atoms with E-state index in [4.69, 9.17) is 52.9 Å². The largest absolute Gasteiger partial charge is 0.412 e. The molecule has 0 radical (unpaired) electrons. The van der Waals surface area contributed by atoms with Gasteiger partial charge < -0.3 is 57.8 Å². The number of carbonyl (C=O) groups excluding carboxylic acids is 6. The average Bonchev–Trinajstić information content (AvgIpc) is 4.11. The summed E-state index contributed by atoms with van der Waals surface area (Å²) in [5.74, 6) is -4.01. The Morgan fingerprint density at radius 1 is 0.707 bits per heavy atom. The minimum absolute atomic E-state index is 0.174. The molecule has 0 spiro atoms. The Labute approximate surface area is 435 Å². The molecule has 12 rings (SSSR count). The molecule has 396 valence electrons. The Balaban J connectivity index is 1.16. The molecular weight excluding hydrogens is 959 g/mol. The average molecular weight is 1030 g/mol. The number of carbonyl (C=O) groups is 6. The molecule has 2 saturated carbocycles. The van der Waals surface area contributed by atoms with Gasteiger partial charge in [-0.25, -0.2) is 24.2 Å². The lowest BCUT2D eigenvalue weighted by molar-refractivity contribution is -0.170. The predicted octanol–water partition coefficient (Wildman–Crippen LogP) is 4.55. The van der Waals surface area contributed by atoms with Gasteiger partial charge in [-0.15, -0.1) is 0 Å². The van der Waals surface area contributed by atoms with Crippen molar-refractivity contribution in [2.45, 2.75) is 120 Å². The van der Waals surface area contributed by atoms with Crippen molar-refractivity contribution in [3.8, 4) is 11.1 Å². The van der Waals surface area contributed by atoms with E-state index < -0.39 is 81.5 Å². The molecule has 4 aliphatic heterocycles. The standard InChI is InChI=1S/C55H67N11O9/c1-31-24-42(41-10-6-18-64(41)54(45(58)67,47(69)74-49(60)71)51(2)28-32-12-15-37(51)39(56)25-32)66(36-9-5-8-34(27-36)35-14-17-44(62-30-35)63-20-22-73-23-21-63)53(31,4)43-11-7-19-65(43)55(46(59)68,48(70)75-50(61)72)52(3)29-33-13-16-38(52)40(57)26-33/h5,8-9,12-17,27,30-31,41-43,56-57H,6-7,10-11,18-26,28-29H2,1-4H3,(H2,58,67)(H2,59,68)(H2,60,71)(H2,61,72)/t31?,41?,42?,43?,51?,52?,53-,54+,55+/m1/s1. The zero-order valence-corrected chi connectivity index (χ0v) is 43.0. The number of benzene rings is 1. The molecule has 1 aromatic heterocycles. The van der Waals surface area contributed by atoms with Crippen molar-refractivity contribution in [3.63, 3.8) is 0 Å². The van der Waals surface area contributed by atoms with Crippen molar-refractivity contribution in [1.82, 2.24) is 14.8 Å². The van der Waals surface area contributed by atoms with Crippen LogP contribution in [-0.4, -0.2) is 136 Å². The van der Waals surface area contributed by atoms with Gasteiger partial charge in [0.2, 0.25) is 11.1 Å². The summed E-state index contributed by atoms with van der Waals surface area (Å²) in [6.45, 7) is 10.7. The number of hydrogen-bond acceptors (Lipinski definition) is 16. The third-order valence-electron chi connectivity index (χ3n) is 18.6. The van der Waals surface area contributed by atoms with Gasteiger partial charge in [0.25, 0.3) is 11.8 Å². The Bertz CT molecular complexity index is 2950. The van der Waals surface area contributed by atoms with Crippen molar-refractivity contribution in [2.24, 2.45) is 39.7 Å². The molecule has 4 bridgehead atoms. The highest BCUT2D eigenvalue weighted by molar-refractivity contribution is 6.15. The van der Waals surface area contributed by atoms with Crippen LogP contribution in [0.4, 0.5) is 21.1 Å². The Morgan fingerprint density at radius 2 is 1.27 bits per heavy atom. The SMILES string of the molecule is CC1CC(C2CCCN2[C@@](C(N)=O)(C(=O)OC(N)=O)C2(C)CC3=CC=C2C(=N)C3)N(c2cccc(-c3ccc(N4CCOCC4)nc3)c2)[C@@]1(C)C1CCCN1[C@@](C(N)=O)(C(=O)OC(N)=O)C1(C)CC2=CC=C1C(=N)C2. The molecular formula is C55H67N11O9. The number of ether oxygens (including phenoxy) is 3. The molecule has 10 aliphatic rings. The highest BCUT2D eigenvalue weighted by Crippen LogP contribution is 2.60. The predicted molar refractivity (Wildman–Crippen MR) is 278 cm³/mol. The number of allylic oxidation sites excluding steroid dienone is 6. The highest BCUT2D eigenvalue weighted by atomic mass is 16.6. The van der Waals surface area contributed by atoms with E-state index in [9.17, 15) is 19.2 Å². The maximum atomic E-state index is 15.1. The number of esters is 2. The van der Waals surface area contributed by atoms with Crippen molar-refractivity contribution in [1.29, 1.82) is 10.8 Å². The second-order valence-corrected chi connectivity index (χ2v) is 22.3. The zero-order valence-electron chi connectivity index (χ0n) is 43.0. The van der Waals surface area contributed by atoms with E-state index in [-0.39, 0.29) is 43.3 Å². The van der Waals surface area contributed by atoms with E-state index in [1.54, 1.807) is 30.9 Å². The molecule has 2 aromatic rings. The van der Waals surface area contributed by atoms with Crippen LogP contribution in [-0.2, 0) is 33.4 Å². The number of amides is 4. The monoisotopic (exact) mass is 1030 g/mol. The van der Waals surface area contributed by atoms with Gasteiger partial charge in [0.1, 0.15) is 5.82 Å². The van der Waals surface area contributed by atoms with Gasteiger partial charge in [-0.2, -0.15) is 0 Å². The molecule has 10 N–H and O–H groups in total. The first kappa shape index (κ1) is 51.5. The van der Waals surface area contributed by atoms with E-state index in [1.807, 2.05) is 53.6 Å². The third-order valence-corrected chi connectivity index (χ3v) is 18.6. The van der Waals surface area contributed by atoms with Crippen LogP contribution in [0.5, 0.6) is 0 Å². The fourth-order valence-electron chi connectivity index (χ4n) is 15.4. The highest BCUT2D eigenvalue weighted by Gasteiger charge is 2.73. The molecule has 9 atom stereocenters. The Kier molecular flexibility index (Phi) is 12.8. The Hall–Kier alpha value is -7.03. The van der Waals surface area contributed by atoms with E-state index in [2.05, 4.69) is 29.7 Å². The number of nitrogens with two attached hydrogens (primary N) is 4.